The normalized spacial score (nSPS) is 10.2. The lowest BCUT2D eigenvalue weighted by Crippen LogP contribution is -1.94. The standard InChI is InChI=1S/C9H8F2O2/c1-13-7-2-3-8(9(10)11)6(4-7)5-12/h2-5,9H,1H3. The summed E-state index contributed by atoms with van der Waals surface area (Å²) in [6.45, 7) is 0. The van der Waals surface area contributed by atoms with Crippen LogP contribution in [-0.2, 0) is 0 Å². The molecule has 0 unspecified atom stereocenters. The summed E-state index contributed by atoms with van der Waals surface area (Å²) in [5.74, 6) is 0.395. The highest BCUT2D eigenvalue weighted by molar-refractivity contribution is 5.78. The smallest absolute Gasteiger partial charge is 0.264 e. The SMILES string of the molecule is COc1ccc(C(F)F)c(C=O)c1. The molecule has 2 nitrogen and oxygen atoms in total. The number of rotatable bonds is 3. The maximum atomic E-state index is 12.3. The first-order chi connectivity index (χ1) is 6.19. The summed E-state index contributed by atoms with van der Waals surface area (Å²) in [6.07, 6.45) is -2.24. The number of carbonyl (C=O) groups excluding carboxylic acids is 1. The molecule has 0 radical (unpaired) electrons. The van der Waals surface area contributed by atoms with Crippen molar-refractivity contribution in [3.63, 3.8) is 0 Å². The van der Waals surface area contributed by atoms with Crippen molar-refractivity contribution in [3.05, 3.63) is 29.3 Å². The molecule has 0 fully saturated rings. The van der Waals surface area contributed by atoms with Gasteiger partial charge in [0.1, 0.15) is 5.75 Å². The van der Waals surface area contributed by atoms with Crippen LogP contribution >= 0.6 is 0 Å². The van der Waals surface area contributed by atoms with Crippen LogP contribution in [0.5, 0.6) is 5.75 Å². The van der Waals surface area contributed by atoms with Crippen LogP contribution in [-0.4, -0.2) is 13.4 Å². The highest BCUT2D eigenvalue weighted by atomic mass is 19.3. The van der Waals surface area contributed by atoms with Crippen molar-refractivity contribution in [1.29, 1.82) is 0 Å². The zero-order valence-corrected chi connectivity index (χ0v) is 6.96. The first-order valence-corrected chi connectivity index (χ1v) is 3.60. The minimum absolute atomic E-state index is 0.0330. The maximum absolute atomic E-state index is 12.3. The number of hydrogen-bond donors (Lipinski definition) is 0. The van der Waals surface area contributed by atoms with Crippen molar-refractivity contribution in [3.8, 4) is 5.75 Å². The number of benzene rings is 1. The van der Waals surface area contributed by atoms with Crippen molar-refractivity contribution >= 4 is 6.29 Å². The van der Waals surface area contributed by atoms with Crippen LogP contribution in [0.25, 0.3) is 0 Å². The third kappa shape index (κ3) is 2.02. The molecule has 1 aromatic carbocycles. The number of ether oxygens (including phenoxy) is 1. The van der Waals surface area contributed by atoms with E-state index < -0.39 is 6.43 Å². The molecule has 0 bridgehead atoms. The van der Waals surface area contributed by atoms with Gasteiger partial charge in [-0.05, 0) is 18.2 Å². The highest BCUT2D eigenvalue weighted by Crippen LogP contribution is 2.25. The van der Waals surface area contributed by atoms with E-state index in [9.17, 15) is 13.6 Å². The zero-order valence-electron chi connectivity index (χ0n) is 6.96. The van der Waals surface area contributed by atoms with Crippen molar-refractivity contribution in [1.82, 2.24) is 0 Å². The topological polar surface area (TPSA) is 26.3 Å². The molecule has 0 aromatic heterocycles. The van der Waals surface area contributed by atoms with Gasteiger partial charge in [-0.15, -0.1) is 0 Å². The Balaban J connectivity index is 3.15. The van der Waals surface area contributed by atoms with Crippen molar-refractivity contribution in [2.45, 2.75) is 6.43 Å². The van der Waals surface area contributed by atoms with E-state index in [1.807, 2.05) is 0 Å². The lowest BCUT2D eigenvalue weighted by Gasteiger charge is -2.05. The molecule has 0 aliphatic carbocycles. The highest BCUT2D eigenvalue weighted by Gasteiger charge is 2.12. The van der Waals surface area contributed by atoms with Crippen LogP contribution < -0.4 is 4.74 Å². The molecule has 0 saturated carbocycles. The Morgan fingerprint density at radius 3 is 2.62 bits per heavy atom. The number of aldehydes is 1. The predicted molar refractivity (Wildman–Crippen MR) is 43.3 cm³/mol. The Labute approximate surface area is 74.1 Å². The molecule has 0 spiro atoms. The lowest BCUT2D eigenvalue weighted by atomic mass is 10.1. The first-order valence-electron chi connectivity index (χ1n) is 3.60. The van der Waals surface area contributed by atoms with Crippen LogP contribution in [0, 0.1) is 0 Å². The largest absolute Gasteiger partial charge is 0.497 e. The van der Waals surface area contributed by atoms with Crippen LogP contribution in [0.3, 0.4) is 0 Å². The van der Waals surface area contributed by atoms with Gasteiger partial charge in [0.2, 0.25) is 0 Å². The number of hydrogen-bond acceptors (Lipinski definition) is 2. The summed E-state index contributed by atoms with van der Waals surface area (Å²) in [5.41, 5.74) is -0.301. The Hall–Kier alpha value is -1.45. The van der Waals surface area contributed by atoms with Crippen LogP contribution in [0.1, 0.15) is 22.3 Å². The molecule has 0 aliphatic rings. The quantitative estimate of drug-likeness (QED) is 0.677. The van der Waals surface area contributed by atoms with Crippen molar-refractivity contribution < 1.29 is 18.3 Å². The summed E-state index contributed by atoms with van der Waals surface area (Å²) in [7, 11) is 1.41. The molecular weight excluding hydrogens is 178 g/mol. The van der Waals surface area contributed by atoms with E-state index in [4.69, 9.17) is 4.74 Å². The van der Waals surface area contributed by atoms with Crippen LogP contribution in [0.2, 0.25) is 0 Å². The molecule has 4 heteroatoms. The second-order valence-electron chi connectivity index (χ2n) is 2.41. The second-order valence-corrected chi connectivity index (χ2v) is 2.41. The van der Waals surface area contributed by atoms with E-state index in [2.05, 4.69) is 0 Å². The van der Waals surface area contributed by atoms with Gasteiger partial charge in [-0.3, -0.25) is 4.79 Å². The molecule has 0 N–H and O–H groups in total. The average Bonchev–Trinajstić information content (AvgIpc) is 2.16. The summed E-state index contributed by atoms with van der Waals surface area (Å²) in [6, 6.07) is 3.87. The van der Waals surface area contributed by atoms with Gasteiger partial charge in [0.05, 0.1) is 7.11 Å². The lowest BCUT2D eigenvalue weighted by molar-refractivity contribution is 0.110. The first kappa shape index (κ1) is 9.64. The minimum atomic E-state index is -2.63. The van der Waals surface area contributed by atoms with E-state index >= 15 is 0 Å². The molecule has 0 aliphatic heterocycles. The number of carbonyl (C=O) groups is 1. The monoisotopic (exact) mass is 186 g/mol. The van der Waals surface area contributed by atoms with E-state index in [0.29, 0.717) is 12.0 Å². The Bertz CT molecular complexity index is 310. The maximum Gasteiger partial charge on any atom is 0.264 e. The van der Waals surface area contributed by atoms with Gasteiger partial charge in [-0.25, -0.2) is 8.78 Å². The summed E-state index contributed by atoms with van der Waals surface area (Å²) >= 11 is 0. The zero-order chi connectivity index (χ0) is 9.84. The molecule has 0 amide bonds. The number of alkyl halides is 2. The summed E-state index contributed by atoms with van der Waals surface area (Å²) in [4.78, 5) is 10.4. The van der Waals surface area contributed by atoms with E-state index in [1.165, 1.54) is 25.3 Å². The molecule has 1 rings (SSSR count). The van der Waals surface area contributed by atoms with E-state index in [0.717, 1.165) is 0 Å². The molecule has 13 heavy (non-hydrogen) atoms. The van der Waals surface area contributed by atoms with Gasteiger partial charge >= 0.3 is 0 Å². The number of halogens is 2. The second kappa shape index (κ2) is 3.98. The Kier molecular flexibility index (Phi) is 2.95. The molecule has 0 saturated heterocycles. The third-order valence-electron chi connectivity index (χ3n) is 1.66. The minimum Gasteiger partial charge on any atom is -0.497 e. The molecular formula is C9H8F2O2. The fraction of sp³-hybridized carbons (Fsp3) is 0.222. The van der Waals surface area contributed by atoms with Crippen LogP contribution in [0.15, 0.2) is 18.2 Å². The summed E-state index contributed by atoms with van der Waals surface area (Å²) in [5, 5.41) is 0. The molecule has 1 aromatic rings. The Morgan fingerprint density at radius 1 is 1.46 bits per heavy atom. The van der Waals surface area contributed by atoms with Gasteiger partial charge in [0.25, 0.3) is 6.43 Å². The van der Waals surface area contributed by atoms with E-state index in [-0.39, 0.29) is 11.1 Å². The van der Waals surface area contributed by atoms with Crippen molar-refractivity contribution in [2.24, 2.45) is 0 Å². The number of methoxy groups -OCH3 is 1. The van der Waals surface area contributed by atoms with Gasteiger partial charge in [-0.1, -0.05) is 0 Å². The molecule has 0 heterocycles. The van der Waals surface area contributed by atoms with Gasteiger partial charge in [0.15, 0.2) is 6.29 Å². The van der Waals surface area contributed by atoms with Crippen molar-refractivity contribution in [2.75, 3.05) is 7.11 Å². The van der Waals surface area contributed by atoms with E-state index in [1.54, 1.807) is 0 Å². The van der Waals surface area contributed by atoms with Gasteiger partial charge in [0, 0.05) is 11.1 Å². The summed E-state index contributed by atoms with van der Waals surface area (Å²) < 4.78 is 29.3. The molecule has 0 atom stereocenters. The van der Waals surface area contributed by atoms with Gasteiger partial charge < -0.3 is 4.74 Å². The molecule has 70 valence electrons. The average molecular weight is 186 g/mol. The van der Waals surface area contributed by atoms with Gasteiger partial charge in [-0.2, -0.15) is 0 Å². The predicted octanol–water partition coefficient (Wildman–Crippen LogP) is 2.45. The fourth-order valence-electron chi connectivity index (χ4n) is 0.981. The van der Waals surface area contributed by atoms with Crippen LogP contribution in [0.4, 0.5) is 8.78 Å². The Morgan fingerprint density at radius 2 is 2.15 bits per heavy atom. The third-order valence-corrected chi connectivity index (χ3v) is 1.66. The fourth-order valence-corrected chi connectivity index (χ4v) is 0.981.